The van der Waals surface area contributed by atoms with Crippen molar-refractivity contribution in [1.82, 2.24) is 4.98 Å². The number of anilines is 2. The summed E-state index contributed by atoms with van der Waals surface area (Å²) in [6, 6.07) is 8.05. The van der Waals surface area contributed by atoms with Crippen LogP contribution in [0, 0.1) is 0 Å². The summed E-state index contributed by atoms with van der Waals surface area (Å²) in [5, 5.41) is 6.27. The number of piperidine rings is 1. The summed E-state index contributed by atoms with van der Waals surface area (Å²) in [6.45, 7) is 4.45. The summed E-state index contributed by atoms with van der Waals surface area (Å²) in [5.74, 6) is 0.111. The molecule has 0 saturated carbocycles. The molecule has 0 atom stereocenters. The molecule has 27 heavy (non-hydrogen) atoms. The van der Waals surface area contributed by atoms with E-state index < -0.39 is 0 Å². The minimum absolute atomic E-state index is 0.111. The number of aromatic nitrogens is 1. The van der Waals surface area contributed by atoms with E-state index in [1.807, 2.05) is 24.3 Å². The van der Waals surface area contributed by atoms with Crippen LogP contribution in [0.3, 0.4) is 0 Å². The fraction of sp³-hybridized carbons (Fsp3) is 0.545. The number of hydrogen-bond acceptors (Lipinski definition) is 4. The zero-order valence-electron chi connectivity index (χ0n) is 16.4. The van der Waals surface area contributed by atoms with Crippen LogP contribution in [0.15, 0.2) is 29.6 Å². The van der Waals surface area contributed by atoms with Gasteiger partial charge in [-0.3, -0.25) is 4.79 Å². The van der Waals surface area contributed by atoms with Crippen LogP contribution in [0.1, 0.15) is 64.7 Å². The van der Waals surface area contributed by atoms with E-state index in [2.05, 4.69) is 22.5 Å². The lowest BCUT2D eigenvalue weighted by Crippen LogP contribution is -2.29. The van der Waals surface area contributed by atoms with E-state index in [1.165, 1.54) is 38.5 Å². The molecule has 1 fully saturated rings. The molecule has 3 rings (SSSR count). The van der Waals surface area contributed by atoms with Crippen LogP contribution in [0.25, 0.3) is 11.3 Å². The largest absolute Gasteiger partial charge is 0.348 e. The van der Waals surface area contributed by atoms with Crippen LogP contribution in [0.2, 0.25) is 0 Å². The van der Waals surface area contributed by atoms with E-state index in [1.54, 1.807) is 11.3 Å². The number of nitrogens with one attached hydrogen (secondary N) is 1. The number of unbranched alkanes of at least 4 members (excludes halogenated alkanes) is 4. The molecule has 1 amide bonds. The zero-order chi connectivity index (χ0) is 18.9. The fourth-order valence-corrected chi connectivity index (χ4v) is 4.35. The van der Waals surface area contributed by atoms with E-state index in [0.717, 1.165) is 48.0 Å². The third kappa shape index (κ3) is 6.06. The summed E-state index contributed by atoms with van der Waals surface area (Å²) in [6.07, 6.45) is 10.3. The Morgan fingerprint density at radius 1 is 1.07 bits per heavy atom. The molecular weight excluding hydrogens is 354 g/mol. The number of nitrogens with zero attached hydrogens (tertiary/aromatic N) is 2. The third-order valence-corrected chi connectivity index (χ3v) is 5.99. The molecule has 0 radical (unpaired) electrons. The maximum atomic E-state index is 12.1. The Morgan fingerprint density at radius 2 is 1.81 bits per heavy atom. The smallest absolute Gasteiger partial charge is 0.224 e. The van der Waals surface area contributed by atoms with Gasteiger partial charge in [-0.1, -0.05) is 44.7 Å². The maximum absolute atomic E-state index is 12.1. The fourth-order valence-electron chi connectivity index (χ4n) is 3.46. The first-order valence-corrected chi connectivity index (χ1v) is 11.2. The van der Waals surface area contributed by atoms with Gasteiger partial charge in [-0.05, 0) is 37.8 Å². The van der Waals surface area contributed by atoms with E-state index in [0.29, 0.717) is 6.42 Å². The zero-order valence-corrected chi connectivity index (χ0v) is 17.2. The van der Waals surface area contributed by atoms with Gasteiger partial charge in [-0.25, -0.2) is 4.98 Å². The number of thiazole rings is 1. The number of benzene rings is 1. The maximum Gasteiger partial charge on any atom is 0.224 e. The van der Waals surface area contributed by atoms with E-state index in [-0.39, 0.29) is 5.91 Å². The van der Waals surface area contributed by atoms with Gasteiger partial charge in [0.1, 0.15) is 0 Å². The molecule has 5 heteroatoms. The monoisotopic (exact) mass is 385 g/mol. The molecule has 0 spiro atoms. The average Bonchev–Trinajstić information content (AvgIpc) is 3.19. The second-order valence-corrected chi connectivity index (χ2v) is 8.19. The molecule has 2 aromatic rings. The Morgan fingerprint density at radius 3 is 2.56 bits per heavy atom. The molecule has 1 N–H and O–H groups in total. The number of hydrogen-bond donors (Lipinski definition) is 1. The lowest BCUT2D eigenvalue weighted by molar-refractivity contribution is -0.116. The van der Waals surface area contributed by atoms with Crippen LogP contribution in [-0.2, 0) is 4.79 Å². The van der Waals surface area contributed by atoms with Crippen LogP contribution < -0.4 is 10.2 Å². The molecular formula is C22H31N3OS. The number of carbonyl (C=O) groups excluding carboxylic acids is 1. The van der Waals surface area contributed by atoms with E-state index in [4.69, 9.17) is 4.98 Å². The van der Waals surface area contributed by atoms with Crippen molar-refractivity contribution in [2.45, 2.75) is 64.7 Å². The quantitative estimate of drug-likeness (QED) is 0.531. The van der Waals surface area contributed by atoms with Gasteiger partial charge in [-0.2, -0.15) is 0 Å². The van der Waals surface area contributed by atoms with Crippen molar-refractivity contribution in [3.05, 3.63) is 29.6 Å². The predicted molar refractivity (Wildman–Crippen MR) is 116 cm³/mol. The first kappa shape index (κ1) is 19.9. The van der Waals surface area contributed by atoms with Crippen molar-refractivity contribution in [3.63, 3.8) is 0 Å². The SMILES string of the molecule is CCCCCCCC(=O)Nc1ccc(-c2csc(N3CCCCC3)n2)cc1. The minimum atomic E-state index is 0.111. The van der Waals surface area contributed by atoms with Crippen molar-refractivity contribution in [1.29, 1.82) is 0 Å². The van der Waals surface area contributed by atoms with E-state index >= 15 is 0 Å². The predicted octanol–water partition coefficient (Wildman–Crippen LogP) is 6.10. The highest BCUT2D eigenvalue weighted by Gasteiger charge is 2.15. The van der Waals surface area contributed by atoms with Gasteiger partial charge in [0.25, 0.3) is 0 Å². The molecule has 1 saturated heterocycles. The number of carbonyl (C=O) groups is 1. The Labute approximate surface area is 167 Å². The highest BCUT2D eigenvalue weighted by Crippen LogP contribution is 2.29. The van der Waals surface area contributed by atoms with Gasteiger partial charge in [0, 0.05) is 36.1 Å². The van der Waals surface area contributed by atoms with Crippen molar-refractivity contribution in [2.24, 2.45) is 0 Å². The van der Waals surface area contributed by atoms with Gasteiger partial charge in [-0.15, -0.1) is 11.3 Å². The first-order chi connectivity index (χ1) is 13.3. The second-order valence-electron chi connectivity index (χ2n) is 7.35. The molecule has 0 aliphatic carbocycles. The molecule has 0 bridgehead atoms. The summed E-state index contributed by atoms with van der Waals surface area (Å²) >= 11 is 1.73. The molecule has 1 aliphatic heterocycles. The van der Waals surface area contributed by atoms with E-state index in [9.17, 15) is 4.79 Å². The standard InChI is InChI=1S/C22H31N3OS/c1-2-3-4-5-7-10-21(26)23-19-13-11-18(12-14-19)20-17-27-22(24-20)25-15-8-6-9-16-25/h11-14,17H,2-10,15-16H2,1H3,(H,23,26). The van der Waals surface area contributed by atoms with Crippen LogP contribution in [0.4, 0.5) is 10.8 Å². The minimum Gasteiger partial charge on any atom is -0.348 e. The lowest BCUT2D eigenvalue weighted by Gasteiger charge is -2.25. The van der Waals surface area contributed by atoms with Crippen LogP contribution >= 0.6 is 11.3 Å². The summed E-state index contributed by atoms with van der Waals surface area (Å²) in [4.78, 5) is 19.3. The highest BCUT2D eigenvalue weighted by molar-refractivity contribution is 7.14. The highest BCUT2D eigenvalue weighted by atomic mass is 32.1. The molecule has 0 unspecified atom stereocenters. The Hall–Kier alpha value is -1.88. The number of rotatable bonds is 9. The van der Waals surface area contributed by atoms with Crippen molar-refractivity contribution >= 4 is 28.1 Å². The van der Waals surface area contributed by atoms with Crippen molar-refractivity contribution < 1.29 is 4.79 Å². The summed E-state index contributed by atoms with van der Waals surface area (Å²) in [5.41, 5.74) is 2.99. The molecule has 146 valence electrons. The van der Waals surface area contributed by atoms with Gasteiger partial charge < -0.3 is 10.2 Å². The van der Waals surface area contributed by atoms with Gasteiger partial charge in [0.2, 0.25) is 5.91 Å². The van der Waals surface area contributed by atoms with Crippen LogP contribution in [-0.4, -0.2) is 24.0 Å². The van der Waals surface area contributed by atoms with Crippen LogP contribution in [0.5, 0.6) is 0 Å². The average molecular weight is 386 g/mol. The third-order valence-electron chi connectivity index (χ3n) is 5.09. The summed E-state index contributed by atoms with van der Waals surface area (Å²) in [7, 11) is 0. The summed E-state index contributed by atoms with van der Waals surface area (Å²) < 4.78 is 0. The number of amides is 1. The van der Waals surface area contributed by atoms with Crippen molar-refractivity contribution in [2.75, 3.05) is 23.3 Å². The van der Waals surface area contributed by atoms with Gasteiger partial charge >= 0.3 is 0 Å². The Bertz CT molecular complexity index is 705. The second kappa shape index (κ2) is 10.5. The normalized spacial score (nSPS) is 14.3. The topological polar surface area (TPSA) is 45.2 Å². The Kier molecular flexibility index (Phi) is 7.69. The molecule has 4 nitrogen and oxygen atoms in total. The molecule has 1 aliphatic rings. The molecule has 1 aromatic carbocycles. The van der Waals surface area contributed by atoms with Gasteiger partial charge in [0.15, 0.2) is 5.13 Å². The molecule has 1 aromatic heterocycles. The molecule has 2 heterocycles. The van der Waals surface area contributed by atoms with Crippen molar-refractivity contribution in [3.8, 4) is 11.3 Å². The van der Waals surface area contributed by atoms with Gasteiger partial charge in [0.05, 0.1) is 5.69 Å². The Balaban J connectivity index is 1.50. The lowest BCUT2D eigenvalue weighted by atomic mass is 10.1. The first-order valence-electron chi connectivity index (χ1n) is 10.4.